The first-order valence-electron chi connectivity index (χ1n) is 7.57. The van der Waals surface area contributed by atoms with Gasteiger partial charge in [-0.3, -0.25) is 0 Å². The van der Waals surface area contributed by atoms with Gasteiger partial charge in [-0.25, -0.2) is 9.38 Å². The van der Waals surface area contributed by atoms with Crippen molar-refractivity contribution in [3.05, 3.63) is 35.1 Å². The summed E-state index contributed by atoms with van der Waals surface area (Å²) in [6, 6.07) is 6.59. The number of benzene rings is 1. The molecule has 0 saturated carbocycles. The van der Waals surface area contributed by atoms with Crippen molar-refractivity contribution in [1.29, 1.82) is 0 Å². The molecule has 0 bridgehead atoms. The Labute approximate surface area is 171 Å². The van der Waals surface area contributed by atoms with Crippen LogP contribution >= 0.6 is 47.1 Å². The summed E-state index contributed by atoms with van der Waals surface area (Å²) in [6.07, 6.45) is 1.97. The second-order valence-corrected chi connectivity index (χ2v) is 7.41. The van der Waals surface area contributed by atoms with E-state index >= 15 is 0 Å². The maximum Gasteiger partial charge on any atom is 0.191 e. The topological polar surface area (TPSA) is 70.6 Å². The van der Waals surface area contributed by atoms with Crippen LogP contribution in [0.15, 0.2) is 33.6 Å². The number of hydrogen-bond donors (Lipinski definition) is 1. The van der Waals surface area contributed by atoms with E-state index < -0.39 is 0 Å². The molecule has 1 aliphatic rings. The van der Waals surface area contributed by atoms with E-state index in [1.807, 2.05) is 6.26 Å². The van der Waals surface area contributed by atoms with Gasteiger partial charge in [0.25, 0.3) is 0 Å². The lowest BCUT2D eigenvalue weighted by Crippen LogP contribution is -2.51. The SMILES string of the molecule is CSc1nnc(CN=C(N)N2CCN(c3ccc(F)cc3)CC2)s1.I. The van der Waals surface area contributed by atoms with E-state index in [0.717, 1.165) is 41.2 Å². The van der Waals surface area contributed by atoms with Gasteiger partial charge in [-0.15, -0.1) is 34.2 Å². The molecular formula is C15H20FIN6S2. The van der Waals surface area contributed by atoms with E-state index in [2.05, 4.69) is 25.0 Å². The monoisotopic (exact) mass is 494 g/mol. The lowest BCUT2D eigenvalue weighted by atomic mass is 10.2. The number of anilines is 1. The molecule has 1 aromatic heterocycles. The van der Waals surface area contributed by atoms with Crippen LogP contribution < -0.4 is 10.6 Å². The third kappa shape index (κ3) is 5.42. The van der Waals surface area contributed by atoms with Crippen molar-refractivity contribution >= 4 is 58.7 Å². The number of aromatic nitrogens is 2. The molecule has 1 saturated heterocycles. The van der Waals surface area contributed by atoms with Gasteiger partial charge >= 0.3 is 0 Å². The number of halogens is 2. The highest BCUT2D eigenvalue weighted by Crippen LogP contribution is 2.20. The first kappa shape index (κ1) is 20.2. The number of guanidine groups is 1. The van der Waals surface area contributed by atoms with Crippen LogP contribution in [0, 0.1) is 5.82 Å². The summed E-state index contributed by atoms with van der Waals surface area (Å²) in [5.74, 6) is 0.324. The Hall–Kier alpha value is -1.14. The smallest absolute Gasteiger partial charge is 0.191 e. The van der Waals surface area contributed by atoms with Gasteiger partial charge in [-0.2, -0.15) is 0 Å². The predicted octanol–water partition coefficient (Wildman–Crippen LogP) is 2.65. The second kappa shape index (κ2) is 9.53. The number of thioether (sulfide) groups is 1. The van der Waals surface area contributed by atoms with Gasteiger partial charge in [0.2, 0.25) is 0 Å². The van der Waals surface area contributed by atoms with Gasteiger partial charge < -0.3 is 15.5 Å². The molecule has 1 aliphatic heterocycles. The lowest BCUT2D eigenvalue weighted by Gasteiger charge is -2.36. The molecule has 2 N–H and O–H groups in total. The lowest BCUT2D eigenvalue weighted by molar-refractivity contribution is 0.380. The summed E-state index contributed by atoms with van der Waals surface area (Å²) in [5, 5.41) is 9.01. The highest BCUT2D eigenvalue weighted by molar-refractivity contribution is 14.0. The summed E-state index contributed by atoms with van der Waals surface area (Å²) in [6.45, 7) is 3.70. The third-order valence-corrected chi connectivity index (χ3v) is 5.68. The van der Waals surface area contributed by atoms with Gasteiger partial charge in [-0.05, 0) is 30.5 Å². The van der Waals surface area contributed by atoms with E-state index in [4.69, 9.17) is 5.73 Å². The normalized spacial score (nSPS) is 15.2. The van der Waals surface area contributed by atoms with Crippen molar-refractivity contribution in [1.82, 2.24) is 15.1 Å². The summed E-state index contributed by atoms with van der Waals surface area (Å²) in [4.78, 5) is 8.71. The number of rotatable bonds is 4. The molecule has 6 nitrogen and oxygen atoms in total. The van der Waals surface area contributed by atoms with E-state index in [9.17, 15) is 4.39 Å². The molecule has 2 heterocycles. The molecule has 25 heavy (non-hydrogen) atoms. The quantitative estimate of drug-likeness (QED) is 0.305. The minimum atomic E-state index is -0.213. The summed E-state index contributed by atoms with van der Waals surface area (Å²) < 4.78 is 13.9. The Morgan fingerprint density at radius 2 is 1.92 bits per heavy atom. The summed E-state index contributed by atoms with van der Waals surface area (Å²) in [7, 11) is 0. The number of aliphatic imine (C=N–C) groups is 1. The molecule has 1 fully saturated rings. The fourth-order valence-corrected chi connectivity index (χ4v) is 3.72. The van der Waals surface area contributed by atoms with Crippen LogP contribution in [0.5, 0.6) is 0 Å². The molecule has 3 rings (SSSR count). The summed E-state index contributed by atoms with van der Waals surface area (Å²) in [5.41, 5.74) is 7.13. The highest BCUT2D eigenvalue weighted by atomic mass is 127. The van der Waals surface area contributed by atoms with Gasteiger partial charge in [0, 0.05) is 31.9 Å². The highest BCUT2D eigenvalue weighted by Gasteiger charge is 2.18. The molecule has 0 unspecified atom stereocenters. The zero-order valence-electron chi connectivity index (χ0n) is 13.8. The average molecular weight is 494 g/mol. The Morgan fingerprint density at radius 1 is 1.24 bits per heavy atom. The number of piperazine rings is 1. The van der Waals surface area contributed by atoms with Crippen LogP contribution in [-0.2, 0) is 6.54 Å². The zero-order chi connectivity index (χ0) is 16.9. The third-order valence-electron chi connectivity index (χ3n) is 3.79. The molecular weight excluding hydrogens is 474 g/mol. The van der Waals surface area contributed by atoms with Gasteiger partial charge in [0.05, 0.1) is 6.54 Å². The maximum absolute atomic E-state index is 13.0. The molecule has 0 amide bonds. The zero-order valence-corrected chi connectivity index (χ0v) is 17.7. The van der Waals surface area contributed by atoms with Crippen molar-refractivity contribution in [2.45, 2.75) is 10.9 Å². The maximum atomic E-state index is 13.0. The van der Waals surface area contributed by atoms with Crippen molar-refractivity contribution < 1.29 is 4.39 Å². The molecule has 0 aliphatic carbocycles. The van der Waals surface area contributed by atoms with Crippen LogP contribution in [0.4, 0.5) is 10.1 Å². The van der Waals surface area contributed by atoms with Gasteiger partial charge in [-0.1, -0.05) is 23.1 Å². The van der Waals surface area contributed by atoms with E-state index in [1.54, 1.807) is 35.2 Å². The van der Waals surface area contributed by atoms with Crippen LogP contribution in [0.1, 0.15) is 5.01 Å². The Bertz CT molecular complexity index is 700. The second-order valence-electron chi connectivity index (χ2n) is 5.29. The van der Waals surface area contributed by atoms with Crippen molar-refractivity contribution in [2.75, 3.05) is 37.3 Å². The fraction of sp³-hybridized carbons (Fsp3) is 0.400. The predicted molar refractivity (Wildman–Crippen MR) is 113 cm³/mol. The van der Waals surface area contributed by atoms with E-state index in [1.165, 1.54) is 12.1 Å². The molecule has 0 spiro atoms. The number of hydrogen-bond acceptors (Lipinski definition) is 6. The molecule has 136 valence electrons. The largest absolute Gasteiger partial charge is 0.370 e. The number of nitrogens with two attached hydrogens (primary N) is 1. The Balaban J connectivity index is 0.00000225. The van der Waals surface area contributed by atoms with Crippen LogP contribution in [-0.4, -0.2) is 53.5 Å². The first-order valence-corrected chi connectivity index (χ1v) is 9.61. The standard InChI is InChI=1S/C15H19FN6S2.HI/c1-23-15-20-19-13(24-15)10-18-14(17)22-8-6-21(7-9-22)12-4-2-11(16)3-5-12;/h2-5H,6-10H2,1H3,(H2,17,18);1H. The molecule has 1 aromatic carbocycles. The molecule has 0 radical (unpaired) electrons. The van der Waals surface area contributed by atoms with Crippen molar-refractivity contribution in [3.63, 3.8) is 0 Å². The van der Waals surface area contributed by atoms with Crippen LogP contribution in [0.3, 0.4) is 0 Å². The van der Waals surface area contributed by atoms with Gasteiger partial charge in [0.15, 0.2) is 10.3 Å². The Morgan fingerprint density at radius 3 is 2.52 bits per heavy atom. The van der Waals surface area contributed by atoms with Crippen molar-refractivity contribution in [2.24, 2.45) is 10.7 Å². The minimum Gasteiger partial charge on any atom is -0.370 e. The van der Waals surface area contributed by atoms with Gasteiger partial charge in [0.1, 0.15) is 10.8 Å². The van der Waals surface area contributed by atoms with Crippen molar-refractivity contribution in [3.8, 4) is 0 Å². The fourth-order valence-electron chi connectivity index (χ4n) is 2.48. The Kier molecular flexibility index (Phi) is 7.69. The first-order chi connectivity index (χ1) is 11.7. The number of nitrogens with zero attached hydrogens (tertiary/aromatic N) is 5. The minimum absolute atomic E-state index is 0. The molecule has 0 atom stereocenters. The van der Waals surface area contributed by atoms with Crippen LogP contribution in [0.25, 0.3) is 0 Å². The molecule has 2 aromatic rings. The van der Waals surface area contributed by atoms with Crippen LogP contribution in [0.2, 0.25) is 0 Å². The van der Waals surface area contributed by atoms with E-state index in [-0.39, 0.29) is 29.8 Å². The summed E-state index contributed by atoms with van der Waals surface area (Å²) >= 11 is 3.12. The van der Waals surface area contributed by atoms with E-state index in [0.29, 0.717) is 12.5 Å². The average Bonchev–Trinajstić information content (AvgIpc) is 3.09. The molecule has 10 heteroatoms.